The van der Waals surface area contributed by atoms with E-state index in [4.69, 9.17) is 4.74 Å². The van der Waals surface area contributed by atoms with Crippen molar-refractivity contribution >= 4 is 17.4 Å². The van der Waals surface area contributed by atoms with Gasteiger partial charge in [0.25, 0.3) is 5.91 Å². The highest BCUT2D eigenvalue weighted by Crippen LogP contribution is 2.22. The fourth-order valence-electron chi connectivity index (χ4n) is 2.29. The molecule has 0 bridgehead atoms. The average Bonchev–Trinajstić information content (AvgIpc) is 2.73. The minimum atomic E-state index is -1.59. The fourth-order valence-corrected chi connectivity index (χ4v) is 2.29. The fraction of sp³-hybridized carbons (Fsp3) is 0.105. The molecule has 0 saturated carbocycles. The van der Waals surface area contributed by atoms with Crippen LogP contribution in [0.3, 0.4) is 0 Å². The molecule has 0 saturated heterocycles. The van der Waals surface area contributed by atoms with E-state index in [1.165, 1.54) is 12.4 Å². The van der Waals surface area contributed by atoms with E-state index < -0.39 is 23.4 Å². The van der Waals surface area contributed by atoms with Gasteiger partial charge >= 0.3 is 0 Å². The number of methoxy groups -OCH3 is 1. The molecule has 3 rings (SSSR count). The number of hydrogen-bond acceptors (Lipinski definition) is 5. The van der Waals surface area contributed by atoms with Crippen molar-refractivity contribution in [3.8, 4) is 5.75 Å². The van der Waals surface area contributed by atoms with E-state index in [1.807, 2.05) is 12.1 Å². The molecular weight excluding hydrogens is 373 g/mol. The first-order chi connectivity index (χ1) is 13.5. The molecule has 0 aliphatic rings. The number of rotatable bonds is 6. The van der Waals surface area contributed by atoms with Crippen LogP contribution in [0.5, 0.6) is 5.75 Å². The summed E-state index contributed by atoms with van der Waals surface area (Å²) in [6, 6.07) is 9.00. The van der Waals surface area contributed by atoms with Gasteiger partial charge < -0.3 is 15.4 Å². The van der Waals surface area contributed by atoms with Crippen LogP contribution in [-0.4, -0.2) is 23.0 Å². The Balaban J connectivity index is 1.61. The van der Waals surface area contributed by atoms with Crippen molar-refractivity contribution in [1.29, 1.82) is 0 Å². The Morgan fingerprint density at radius 2 is 1.75 bits per heavy atom. The minimum absolute atomic E-state index is 0.0461. The number of anilines is 2. The van der Waals surface area contributed by atoms with E-state index in [0.717, 1.165) is 17.7 Å². The van der Waals surface area contributed by atoms with E-state index in [-0.39, 0.29) is 23.7 Å². The van der Waals surface area contributed by atoms with E-state index in [9.17, 15) is 18.0 Å². The normalized spacial score (nSPS) is 10.4. The van der Waals surface area contributed by atoms with Crippen LogP contribution in [0.15, 0.2) is 48.8 Å². The van der Waals surface area contributed by atoms with Crippen LogP contribution in [0.2, 0.25) is 0 Å². The number of amides is 1. The summed E-state index contributed by atoms with van der Waals surface area (Å²) in [5.41, 5.74) is 0.615. The predicted molar refractivity (Wildman–Crippen MR) is 95.8 cm³/mol. The first-order valence-electron chi connectivity index (χ1n) is 8.11. The molecule has 0 spiro atoms. The average molecular weight is 388 g/mol. The molecule has 0 atom stereocenters. The summed E-state index contributed by atoms with van der Waals surface area (Å²) >= 11 is 0. The largest absolute Gasteiger partial charge is 0.497 e. The van der Waals surface area contributed by atoms with Crippen LogP contribution >= 0.6 is 0 Å². The van der Waals surface area contributed by atoms with E-state index in [2.05, 4.69) is 20.6 Å². The lowest BCUT2D eigenvalue weighted by atomic mass is 10.2. The lowest BCUT2D eigenvalue weighted by Gasteiger charge is -2.08. The van der Waals surface area contributed by atoms with Crippen LogP contribution < -0.4 is 15.4 Å². The predicted octanol–water partition coefficient (Wildman–Crippen LogP) is 3.58. The van der Waals surface area contributed by atoms with Crippen LogP contribution in [-0.2, 0) is 6.54 Å². The molecule has 0 aliphatic carbocycles. The molecule has 0 fully saturated rings. The second-order valence-corrected chi connectivity index (χ2v) is 5.67. The summed E-state index contributed by atoms with van der Waals surface area (Å²) in [7, 11) is 1.56. The monoisotopic (exact) mass is 388 g/mol. The summed E-state index contributed by atoms with van der Waals surface area (Å²) in [6.07, 6.45) is 2.37. The Morgan fingerprint density at radius 3 is 2.39 bits per heavy atom. The highest BCUT2D eigenvalue weighted by atomic mass is 19.2. The van der Waals surface area contributed by atoms with Gasteiger partial charge in [0.15, 0.2) is 17.5 Å². The number of halogens is 3. The van der Waals surface area contributed by atoms with Crippen LogP contribution in [0.1, 0.15) is 16.1 Å². The Kier molecular flexibility index (Phi) is 5.73. The van der Waals surface area contributed by atoms with Crippen molar-refractivity contribution in [3.63, 3.8) is 0 Å². The standard InChI is InChI=1S/C19H15F3N4O2/c1-28-12-4-2-11(3-5-12)8-25-19(27)15-9-24-16(10-23-15)26-14-7-6-13(20)17(21)18(14)22/h2-7,9-10H,8H2,1H3,(H,24,26)(H,25,27). The van der Waals surface area contributed by atoms with Crippen LogP contribution in [0, 0.1) is 17.5 Å². The van der Waals surface area contributed by atoms with E-state index in [1.54, 1.807) is 19.2 Å². The zero-order valence-electron chi connectivity index (χ0n) is 14.7. The Labute approximate surface area is 158 Å². The molecule has 9 heteroatoms. The van der Waals surface area contributed by atoms with Crippen molar-refractivity contribution < 1.29 is 22.7 Å². The molecule has 6 nitrogen and oxygen atoms in total. The number of carbonyl (C=O) groups excluding carboxylic acids is 1. The SMILES string of the molecule is COc1ccc(CNC(=O)c2cnc(Nc3ccc(F)c(F)c3F)cn2)cc1. The van der Waals surface area contributed by atoms with Crippen molar-refractivity contribution in [2.24, 2.45) is 0 Å². The third-order valence-electron chi connectivity index (χ3n) is 3.79. The smallest absolute Gasteiger partial charge is 0.271 e. The minimum Gasteiger partial charge on any atom is -0.497 e. The van der Waals surface area contributed by atoms with Crippen LogP contribution in [0.4, 0.5) is 24.7 Å². The maximum atomic E-state index is 13.7. The highest BCUT2D eigenvalue weighted by molar-refractivity contribution is 5.92. The van der Waals surface area contributed by atoms with Crippen molar-refractivity contribution in [2.45, 2.75) is 6.54 Å². The van der Waals surface area contributed by atoms with Gasteiger partial charge in [-0.15, -0.1) is 0 Å². The molecule has 1 heterocycles. The zero-order chi connectivity index (χ0) is 20.1. The van der Waals surface area contributed by atoms with Gasteiger partial charge in [-0.2, -0.15) is 0 Å². The van der Waals surface area contributed by atoms with Gasteiger partial charge in [-0.3, -0.25) is 4.79 Å². The second kappa shape index (κ2) is 8.38. The molecule has 144 valence electrons. The highest BCUT2D eigenvalue weighted by Gasteiger charge is 2.14. The summed E-state index contributed by atoms with van der Waals surface area (Å²) in [6.45, 7) is 0.282. The molecule has 28 heavy (non-hydrogen) atoms. The summed E-state index contributed by atoms with van der Waals surface area (Å²) in [4.78, 5) is 20.0. The Bertz CT molecular complexity index is 980. The number of nitrogens with zero attached hydrogens (tertiary/aromatic N) is 2. The molecule has 2 N–H and O–H groups in total. The summed E-state index contributed by atoms with van der Waals surface area (Å²) < 4.78 is 44.9. The summed E-state index contributed by atoms with van der Waals surface area (Å²) in [5.74, 6) is -3.93. The van der Waals surface area contributed by atoms with Crippen LogP contribution in [0.25, 0.3) is 0 Å². The molecule has 2 aromatic carbocycles. The van der Waals surface area contributed by atoms with Gasteiger partial charge in [0.05, 0.1) is 25.2 Å². The third-order valence-corrected chi connectivity index (χ3v) is 3.79. The maximum Gasteiger partial charge on any atom is 0.271 e. The van der Waals surface area contributed by atoms with E-state index >= 15 is 0 Å². The lowest BCUT2D eigenvalue weighted by molar-refractivity contribution is 0.0945. The topological polar surface area (TPSA) is 76.1 Å². The van der Waals surface area contributed by atoms with Crippen molar-refractivity contribution in [3.05, 3.63) is 77.5 Å². The van der Waals surface area contributed by atoms with Crippen molar-refractivity contribution in [2.75, 3.05) is 12.4 Å². The maximum absolute atomic E-state index is 13.7. The van der Waals surface area contributed by atoms with Crippen molar-refractivity contribution in [1.82, 2.24) is 15.3 Å². The number of aromatic nitrogens is 2. The first kappa shape index (κ1) is 19.2. The number of benzene rings is 2. The summed E-state index contributed by atoms with van der Waals surface area (Å²) in [5, 5.41) is 5.17. The molecule has 0 unspecified atom stereocenters. The molecule has 0 radical (unpaired) electrons. The van der Waals surface area contributed by atoms with E-state index in [0.29, 0.717) is 5.75 Å². The quantitative estimate of drug-likeness (QED) is 0.632. The molecule has 1 amide bonds. The van der Waals surface area contributed by atoms with Gasteiger partial charge in [-0.1, -0.05) is 12.1 Å². The first-order valence-corrected chi connectivity index (χ1v) is 8.11. The second-order valence-electron chi connectivity index (χ2n) is 5.67. The van der Waals surface area contributed by atoms with Gasteiger partial charge in [0.2, 0.25) is 0 Å². The van der Waals surface area contributed by atoms with Gasteiger partial charge in [0, 0.05) is 6.54 Å². The van der Waals surface area contributed by atoms with Gasteiger partial charge in [0.1, 0.15) is 17.3 Å². The van der Waals surface area contributed by atoms with Gasteiger partial charge in [-0.05, 0) is 29.8 Å². The molecule has 1 aromatic heterocycles. The molecule has 3 aromatic rings. The van der Waals surface area contributed by atoms with Gasteiger partial charge in [-0.25, -0.2) is 23.1 Å². The molecular formula is C19H15F3N4O2. The lowest BCUT2D eigenvalue weighted by Crippen LogP contribution is -2.24. The third kappa shape index (κ3) is 4.37. The Morgan fingerprint density at radius 1 is 1.00 bits per heavy atom. The number of carbonyl (C=O) groups is 1. The molecule has 0 aliphatic heterocycles. The number of ether oxygens (including phenoxy) is 1. The Hall–Kier alpha value is -3.62. The zero-order valence-corrected chi connectivity index (χ0v) is 14.7. The number of hydrogen-bond donors (Lipinski definition) is 2. The number of nitrogens with one attached hydrogen (secondary N) is 2.